The Bertz CT molecular complexity index is 198. The van der Waals surface area contributed by atoms with E-state index in [0.717, 1.165) is 13.0 Å². The van der Waals surface area contributed by atoms with Gasteiger partial charge in [0.25, 0.3) is 0 Å². The van der Waals surface area contributed by atoms with E-state index in [4.69, 9.17) is 8.42 Å². The Balaban J connectivity index is 0.000000162. The number of amides is 1. The van der Waals surface area contributed by atoms with Crippen LogP contribution in [0.15, 0.2) is 0 Å². The first kappa shape index (κ1) is 10.0. The molecule has 10 heavy (non-hydrogen) atoms. The van der Waals surface area contributed by atoms with Gasteiger partial charge in [-0.3, -0.25) is 4.79 Å². The number of carbonyl (C=O) groups excluding carboxylic acids is 1. The highest BCUT2D eigenvalue weighted by molar-refractivity contribution is 8.31. The predicted octanol–water partition coefficient (Wildman–Crippen LogP) is 0.215. The highest BCUT2D eigenvalue weighted by Gasteiger charge is 2.07. The zero-order valence-corrected chi connectivity index (χ0v) is 7.13. The molecule has 7 heteroatoms. The first-order valence-electron chi connectivity index (χ1n) is 2.30. The summed E-state index contributed by atoms with van der Waals surface area (Å²) in [5.74, 6) is 0.185. The average molecular weight is 206 g/mol. The van der Waals surface area contributed by atoms with Crippen molar-refractivity contribution in [1.82, 2.24) is 5.32 Å². The van der Waals surface area contributed by atoms with Crippen molar-refractivity contribution >= 4 is 35.5 Å². The van der Waals surface area contributed by atoms with Crippen molar-refractivity contribution in [2.45, 2.75) is 6.42 Å². The third kappa shape index (κ3) is 10.9. The molecule has 60 valence electrons. The normalized spacial score (nSPS) is 16.0. The zero-order chi connectivity index (χ0) is 8.20. The van der Waals surface area contributed by atoms with Crippen molar-refractivity contribution in [1.29, 1.82) is 0 Å². The van der Waals surface area contributed by atoms with Gasteiger partial charge in [-0.25, -0.2) is 0 Å². The van der Waals surface area contributed by atoms with Crippen LogP contribution in [-0.4, -0.2) is 20.9 Å². The lowest BCUT2D eigenvalue weighted by Crippen LogP contribution is -2.37. The van der Waals surface area contributed by atoms with Crippen molar-refractivity contribution in [2.75, 3.05) is 6.54 Å². The second kappa shape index (κ2) is 4.00. The molecule has 0 saturated carbocycles. The number of rotatable bonds is 0. The molecule has 0 aromatic heterocycles. The van der Waals surface area contributed by atoms with Crippen molar-refractivity contribution < 1.29 is 13.2 Å². The van der Waals surface area contributed by atoms with Crippen molar-refractivity contribution in [2.24, 2.45) is 0 Å². The Morgan fingerprint density at radius 2 is 1.60 bits per heavy atom. The van der Waals surface area contributed by atoms with Crippen LogP contribution in [0.5, 0.6) is 0 Å². The summed E-state index contributed by atoms with van der Waals surface area (Å²) in [6, 6.07) is 0. The van der Waals surface area contributed by atoms with Gasteiger partial charge in [-0.1, -0.05) is 0 Å². The molecule has 0 aromatic carbocycles. The van der Waals surface area contributed by atoms with Crippen LogP contribution in [0.2, 0.25) is 0 Å². The first-order chi connectivity index (χ1) is 4.39. The Morgan fingerprint density at radius 1 is 1.40 bits per heavy atom. The Hall–Kier alpha value is -0.000000000000000111. The molecule has 1 amide bonds. The van der Waals surface area contributed by atoms with E-state index in [0.29, 0.717) is 0 Å². The van der Waals surface area contributed by atoms with Crippen LogP contribution in [0.25, 0.3) is 0 Å². The van der Waals surface area contributed by atoms with Crippen LogP contribution in [0.1, 0.15) is 6.42 Å². The molecule has 1 rings (SSSR count). The van der Waals surface area contributed by atoms with Crippen molar-refractivity contribution in [3.8, 4) is 0 Å². The Labute approximate surface area is 67.4 Å². The van der Waals surface area contributed by atoms with Crippen LogP contribution in [0.4, 0.5) is 0 Å². The molecular formula is C3H5Cl2NO3S. The molecule has 0 bridgehead atoms. The molecule has 1 aliphatic heterocycles. The number of nitrogens with one attached hydrogen (secondary N) is 1. The van der Waals surface area contributed by atoms with Gasteiger partial charge >= 0.3 is 8.26 Å². The van der Waals surface area contributed by atoms with Gasteiger partial charge in [0.1, 0.15) is 0 Å². The molecule has 1 fully saturated rings. The lowest BCUT2D eigenvalue weighted by molar-refractivity contribution is -0.125. The highest BCUT2D eigenvalue weighted by atomic mass is 36.0. The van der Waals surface area contributed by atoms with Gasteiger partial charge in [0, 0.05) is 34.3 Å². The second-order valence-electron chi connectivity index (χ2n) is 1.48. The van der Waals surface area contributed by atoms with Crippen LogP contribution >= 0.6 is 21.4 Å². The molecular weight excluding hydrogens is 201 g/mol. The fraction of sp³-hybridized carbons (Fsp3) is 0.667. The lowest BCUT2D eigenvalue weighted by Gasteiger charge is -2.10. The molecule has 0 radical (unpaired) electrons. The monoisotopic (exact) mass is 205 g/mol. The molecule has 1 heterocycles. The minimum absolute atomic E-state index is 0.185. The fourth-order valence-corrected chi connectivity index (χ4v) is 0.227. The lowest BCUT2D eigenvalue weighted by atomic mass is 10.3. The summed E-state index contributed by atoms with van der Waals surface area (Å²) in [7, 11) is 4.81. The quantitative estimate of drug-likeness (QED) is 0.455. The molecule has 0 spiro atoms. The topological polar surface area (TPSA) is 63.2 Å². The van der Waals surface area contributed by atoms with E-state index in [2.05, 4.69) is 26.7 Å². The van der Waals surface area contributed by atoms with Gasteiger partial charge < -0.3 is 5.32 Å². The molecule has 0 atom stereocenters. The fourth-order valence-electron chi connectivity index (χ4n) is 0.227. The highest BCUT2D eigenvalue weighted by Crippen LogP contribution is 1.98. The van der Waals surface area contributed by atoms with Crippen molar-refractivity contribution in [3.63, 3.8) is 0 Å². The van der Waals surface area contributed by atoms with Gasteiger partial charge in [0.2, 0.25) is 5.91 Å². The average Bonchev–Trinajstić information content (AvgIpc) is 1.56. The number of halogens is 2. The maximum Gasteiger partial charge on any atom is 0.317 e. The maximum atomic E-state index is 9.79. The predicted molar refractivity (Wildman–Crippen MR) is 38.3 cm³/mol. The van der Waals surface area contributed by atoms with Gasteiger partial charge in [0.05, 0.1) is 0 Å². The van der Waals surface area contributed by atoms with E-state index >= 15 is 0 Å². The van der Waals surface area contributed by atoms with Crippen LogP contribution in [0, 0.1) is 0 Å². The third-order valence-corrected chi connectivity index (χ3v) is 0.674. The summed E-state index contributed by atoms with van der Waals surface area (Å²) in [5, 5.41) is 2.57. The van der Waals surface area contributed by atoms with Crippen LogP contribution in [-0.2, 0) is 13.1 Å². The number of hydrogen-bond donors (Lipinski definition) is 1. The van der Waals surface area contributed by atoms with E-state index in [1.807, 2.05) is 0 Å². The summed E-state index contributed by atoms with van der Waals surface area (Å²) in [6.07, 6.45) is 0.736. The summed E-state index contributed by atoms with van der Waals surface area (Å²) in [5.41, 5.74) is 0. The van der Waals surface area contributed by atoms with Gasteiger partial charge in [0.15, 0.2) is 0 Å². The van der Waals surface area contributed by atoms with Crippen LogP contribution < -0.4 is 5.32 Å². The molecule has 4 nitrogen and oxygen atoms in total. The van der Waals surface area contributed by atoms with Gasteiger partial charge in [-0.15, -0.1) is 0 Å². The van der Waals surface area contributed by atoms with Crippen molar-refractivity contribution in [3.05, 3.63) is 0 Å². The number of carbonyl (C=O) groups is 1. The maximum absolute atomic E-state index is 9.79. The molecule has 1 N–H and O–H groups in total. The van der Waals surface area contributed by atoms with Gasteiger partial charge in [-0.2, -0.15) is 8.42 Å². The molecule has 0 aliphatic carbocycles. The molecule has 1 aliphatic rings. The number of hydrogen-bond acceptors (Lipinski definition) is 3. The largest absolute Gasteiger partial charge is 0.356 e. The SMILES string of the molecule is O=C1CCN1.O=S(=O)(Cl)Cl. The van der Waals surface area contributed by atoms with E-state index in [-0.39, 0.29) is 5.91 Å². The summed E-state index contributed by atoms with van der Waals surface area (Å²) < 4.78 is 18.3. The smallest absolute Gasteiger partial charge is 0.317 e. The molecule has 0 aromatic rings. The molecule has 0 unspecified atom stereocenters. The number of β-lactam (4-membered cyclic amide) rings is 1. The zero-order valence-electron chi connectivity index (χ0n) is 4.80. The Morgan fingerprint density at radius 3 is 1.60 bits per heavy atom. The summed E-state index contributed by atoms with van der Waals surface area (Å²) in [4.78, 5) is 9.79. The summed E-state index contributed by atoms with van der Waals surface area (Å²) in [6.45, 7) is 0.888. The third-order valence-electron chi connectivity index (χ3n) is 0.674. The minimum Gasteiger partial charge on any atom is -0.356 e. The van der Waals surface area contributed by atoms with E-state index in [1.165, 1.54) is 0 Å². The summed E-state index contributed by atoms with van der Waals surface area (Å²) >= 11 is 0. The van der Waals surface area contributed by atoms with E-state index < -0.39 is 8.26 Å². The van der Waals surface area contributed by atoms with E-state index in [9.17, 15) is 4.79 Å². The van der Waals surface area contributed by atoms with E-state index in [1.54, 1.807) is 0 Å². The first-order valence-corrected chi connectivity index (χ1v) is 5.44. The van der Waals surface area contributed by atoms with Gasteiger partial charge in [-0.05, 0) is 0 Å². The molecule has 1 saturated heterocycles. The standard InChI is InChI=1S/C3H5NO.Cl2O2S/c5-3-1-2-4-3;1-5(2,3)4/h1-2H2,(H,4,5);. The van der Waals surface area contributed by atoms with Crippen LogP contribution in [0.3, 0.4) is 0 Å². The second-order valence-corrected chi connectivity index (χ2v) is 5.15. The minimum atomic E-state index is -3.72. The Kier molecular flexibility index (Phi) is 4.00.